The zero-order valence-electron chi connectivity index (χ0n) is 17.5. The first kappa shape index (κ1) is 19.3. The van der Waals surface area contributed by atoms with Crippen molar-refractivity contribution in [2.45, 2.75) is 38.6 Å². The highest BCUT2D eigenvalue weighted by molar-refractivity contribution is 5.96. The summed E-state index contributed by atoms with van der Waals surface area (Å²) in [6, 6.07) is 28.3. The van der Waals surface area contributed by atoms with Gasteiger partial charge in [0, 0.05) is 12.8 Å². The number of hydrogen-bond donors (Lipinski definition) is 1. The zero-order chi connectivity index (χ0) is 20.2. The molecule has 148 valence electrons. The molecule has 1 aliphatic heterocycles. The number of anilines is 2. The summed E-state index contributed by atoms with van der Waals surface area (Å²) in [6.45, 7) is 4.38. The van der Waals surface area contributed by atoms with Gasteiger partial charge in [0.1, 0.15) is 0 Å². The summed E-state index contributed by atoms with van der Waals surface area (Å²) in [5, 5.41) is 10.8. The molecule has 0 aliphatic carbocycles. The summed E-state index contributed by atoms with van der Waals surface area (Å²) in [7, 11) is 1.97. The van der Waals surface area contributed by atoms with Crippen molar-refractivity contribution in [2.24, 2.45) is 5.10 Å². The maximum Gasteiger partial charge on any atom is 0.0897 e. The van der Waals surface area contributed by atoms with Crippen LogP contribution in [0, 0.1) is 6.92 Å². The first-order valence-corrected chi connectivity index (χ1v) is 10.5. The number of hydrazone groups is 1. The molecule has 1 aliphatic rings. The third-order valence-electron chi connectivity index (χ3n) is 5.68. The van der Waals surface area contributed by atoms with Gasteiger partial charge in [-0.25, -0.2) is 0 Å². The van der Waals surface area contributed by atoms with E-state index < -0.39 is 0 Å². The summed E-state index contributed by atoms with van der Waals surface area (Å²) >= 11 is 0. The fourth-order valence-corrected chi connectivity index (χ4v) is 4.27. The average Bonchev–Trinajstić information content (AvgIpc) is 3.14. The van der Waals surface area contributed by atoms with Gasteiger partial charge in [-0.05, 0) is 36.6 Å². The number of para-hydroxylation sites is 2. The van der Waals surface area contributed by atoms with E-state index in [4.69, 9.17) is 5.10 Å². The Hall–Kier alpha value is -3.07. The predicted octanol–water partition coefficient (Wildman–Crippen LogP) is 6.54. The van der Waals surface area contributed by atoms with Crippen LogP contribution < -0.4 is 10.3 Å². The second-order valence-corrected chi connectivity index (χ2v) is 7.70. The Bertz CT molecular complexity index is 976. The summed E-state index contributed by atoms with van der Waals surface area (Å²) in [5.74, 6) is 0.239. The molecule has 0 saturated heterocycles. The zero-order valence-corrected chi connectivity index (χ0v) is 17.5. The highest BCUT2D eigenvalue weighted by atomic mass is 15.5. The van der Waals surface area contributed by atoms with Crippen LogP contribution in [0.4, 0.5) is 11.4 Å². The van der Waals surface area contributed by atoms with Gasteiger partial charge in [-0.1, -0.05) is 85.6 Å². The Morgan fingerprint density at radius 1 is 0.862 bits per heavy atom. The minimum atomic E-state index is 0.134. The molecular formula is C26H29N3. The van der Waals surface area contributed by atoms with E-state index in [0.29, 0.717) is 0 Å². The van der Waals surface area contributed by atoms with Crippen molar-refractivity contribution < 1.29 is 0 Å². The quantitative estimate of drug-likeness (QED) is 0.523. The van der Waals surface area contributed by atoms with Crippen LogP contribution in [0.2, 0.25) is 0 Å². The van der Waals surface area contributed by atoms with Gasteiger partial charge in [-0.15, -0.1) is 0 Å². The molecule has 0 radical (unpaired) electrons. The highest BCUT2D eigenvalue weighted by Gasteiger charge is 2.40. The molecule has 0 aromatic heterocycles. The molecule has 2 unspecified atom stereocenters. The number of aryl methyl sites for hydroxylation is 1. The van der Waals surface area contributed by atoms with Crippen LogP contribution >= 0.6 is 0 Å². The van der Waals surface area contributed by atoms with Gasteiger partial charge in [0.25, 0.3) is 0 Å². The number of rotatable bonds is 6. The van der Waals surface area contributed by atoms with E-state index in [2.05, 4.69) is 103 Å². The van der Waals surface area contributed by atoms with E-state index in [1.165, 1.54) is 22.4 Å². The normalized spacial score (nSPS) is 18.6. The maximum atomic E-state index is 5.20. The largest absolute Gasteiger partial charge is 0.386 e. The molecule has 4 rings (SSSR count). The van der Waals surface area contributed by atoms with Gasteiger partial charge in [0.05, 0.1) is 23.3 Å². The van der Waals surface area contributed by atoms with Gasteiger partial charge in [0.2, 0.25) is 0 Å². The Labute approximate surface area is 174 Å². The average molecular weight is 384 g/mol. The lowest BCUT2D eigenvalue weighted by molar-refractivity contribution is 0.645. The molecule has 0 amide bonds. The van der Waals surface area contributed by atoms with Crippen molar-refractivity contribution in [3.05, 3.63) is 95.6 Å². The molecule has 0 saturated carbocycles. The molecule has 3 heteroatoms. The van der Waals surface area contributed by atoms with Gasteiger partial charge in [0.15, 0.2) is 0 Å². The minimum absolute atomic E-state index is 0.134. The van der Waals surface area contributed by atoms with Gasteiger partial charge < -0.3 is 5.32 Å². The number of hydrogen-bond acceptors (Lipinski definition) is 3. The lowest BCUT2D eigenvalue weighted by Gasteiger charge is -2.30. The fraction of sp³-hybridized carbons (Fsp3) is 0.269. The summed E-state index contributed by atoms with van der Waals surface area (Å²) in [5.41, 5.74) is 7.38. The van der Waals surface area contributed by atoms with Crippen LogP contribution in [0.3, 0.4) is 0 Å². The van der Waals surface area contributed by atoms with Crippen molar-refractivity contribution in [3.8, 4) is 0 Å². The fourth-order valence-electron chi connectivity index (χ4n) is 4.27. The second-order valence-electron chi connectivity index (χ2n) is 7.70. The van der Waals surface area contributed by atoms with Crippen LogP contribution in [-0.2, 0) is 0 Å². The lowest BCUT2D eigenvalue weighted by atomic mass is 9.82. The first-order chi connectivity index (χ1) is 14.2. The maximum absolute atomic E-state index is 5.20. The van der Waals surface area contributed by atoms with Gasteiger partial charge in [-0.2, -0.15) is 5.10 Å². The van der Waals surface area contributed by atoms with Crippen molar-refractivity contribution in [2.75, 3.05) is 17.4 Å². The first-order valence-electron chi connectivity index (χ1n) is 10.5. The van der Waals surface area contributed by atoms with Crippen LogP contribution in [0.5, 0.6) is 0 Å². The predicted molar refractivity (Wildman–Crippen MR) is 124 cm³/mol. The van der Waals surface area contributed by atoms with E-state index >= 15 is 0 Å². The van der Waals surface area contributed by atoms with E-state index in [1.54, 1.807) is 0 Å². The molecule has 1 N–H and O–H groups in total. The van der Waals surface area contributed by atoms with Gasteiger partial charge >= 0.3 is 0 Å². The van der Waals surface area contributed by atoms with Crippen LogP contribution in [0.25, 0.3) is 0 Å². The van der Waals surface area contributed by atoms with Gasteiger partial charge in [-0.3, -0.25) is 5.01 Å². The van der Waals surface area contributed by atoms with Crippen molar-refractivity contribution >= 4 is 17.1 Å². The van der Waals surface area contributed by atoms with Crippen LogP contribution in [0.15, 0.2) is 84.0 Å². The summed E-state index contributed by atoms with van der Waals surface area (Å²) in [6.07, 6.45) is 2.09. The molecule has 3 nitrogen and oxygen atoms in total. The topological polar surface area (TPSA) is 27.6 Å². The SMILES string of the molecule is CCCC1=NN(c2ccccc2NC)C(c2ccccc2)C1c1ccc(C)cc1. The lowest BCUT2D eigenvalue weighted by Crippen LogP contribution is -2.25. The van der Waals surface area contributed by atoms with Crippen molar-refractivity contribution in [3.63, 3.8) is 0 Å². The minimum Gasteiger partial charge on any atom is -0.386 e. The molecule has 29 heavy (non-hydrogen) atoms. The van der Waals surface area contributed by atoms with Crippen molar-refractivity contribution in [1.29, 1.82) is 0 Å². The Balaban J connectivity index is 1.88. The molecule has 0 fully saturated rings. The molecule has 3 aromatic rings. The second kappa shape index (κ2) is 8.52. The molecule has 0 bridgehead atoms. The standard InChI is InChI=1S/C26H29N3/c1-4-10-23-25(20-17-15-19(2)16-18-20)26(21-11-6-5-7-12-21)29(28-23)24-14-9-8-13-22(24)27-3/h5-9,11-18,25-27H,4,10H2,1-3H3. The third-order valence-corrected chi connectivity index (χ3v) is 5.68. The molecule has 3 aromatic carbocycles. The molecule has 0 spiro atoms. The summed E-state index contributed by atoms with van der Waals surface area (Å²) in [4.78, 5) is 0. The van der Waals surface area contributed by atoms with E-state index in [0.717, 1.165) is 24.2 Å². The molecule has 1 heterocycles. The number of nitrogens with zero attached hydrogens (tertiary/aromatic N) is 2. The van der Waals surface area contributed by atoms with Crippen LogP contribution in [0.1, 0.15) is 48.4 Å². The highest BCUT2D eigenvalue weighted by Crippen LogP contribution is 2.47. The van der Waals surface area contributed by atoms with E-state index in [1.807, 2.05) is 7.05 Å². The Morgan fingerprint density at radius 3 is 2.24 bits per heavy atom. The van der Waals surface area contributed by atoms with E-state index in [9.17, 15) is 0 Å². The number of nitrogens with one attached hydrogen (secondary N) is 1. The molecular weight excluding hydrogens is 354 g/mol. The summed E-state index contributed by atoms with van der Waals surface area (Å²) < 4.78 is 0. The third kappa shape index (κ3) is 3.77. The monoisotopic (exact) mass is 383 g/mol. The Morgan fingerprint density at radius 2 is 1.55 bits per heavy atom. The van der Waals surface area contributed by atoms with Crippen LogP contribution in [-0.4, -0.2) is 12.8 Å². The smallest absolute Gasteiger partial charge is 0.0897 e. The van der Waals surface area contributed by atoms with Crippen molar-refractivity contribution in [1.82, 2.24) is 0 Å². The van der Waals surface area contributed by atoms with E-state index in [-0.39, 0.29) is 12.0 Å². The Kier molecular flexibility index (Phi) is 5.66. The number of benzene rings is 3. The molecule has 2 atom stereocenters.